The maximum Gasteiger partial charge on any atom is 0.333 e. The van der Waals surface area contributed by atoms with Gasteiger partial charge in [0.2, 0.25) is 5.82 Å². The number of rotatable bonds is 6. The summed E-state index contributed by atoms with van der Waals surface area (Å²) in [7, 11) is 1.68. The SMILES string of the molecule is Cc1nn(C)c(NCCCn2ccnn2)c1[N+](=O)[O-]. The van der Waals surface area contributed by atoms with E-state index in [0.717, 1.165) is 6.42 Å². The van der Waals surface area contributed by atoms with E-state index in [2.05, 4.69) is 20.7 Å². The minimum atomic E-state index is -0.415. The van der Waals surface area contributed by atoms with E-state index >= 15 is 0 Å². The Morgan fingerprint density at radius 3 is 2.95 bits per heavy atom. The van der Waals surface area contributed by atoms with E-state index in [1.807, 2.05) is 0 Å². The highest BCUT2D eigenvalue weighted by Gasteiger charge is 2.23. The number of nitro groups is 1. The van der Waals surface area contributed by atoms with Crippen molar-refractivity contribution in [3.63, 3.8) is 0 Å². The Hall–Kier alpha value is -2.45. The van der Waals surface area contributed by atoms with Crippen molar-refractivity contribution in [2.24, 2.45) is 7.05 Å². The first-order chi connectivity index (χ1) is 9.09. The first-order valence-corrected chi connectivity index (χ1v) is 5.85. The molecule has 0 aliphatic carbocycles. The Morgan fingerprint density at radius 1 is 1.53 bits per heavy atom. The van der Waals surface area contributed by atoms with E-state index in [0.29, 0.717) is 24.6 Å². The van der Waals surface area contributed by atoms with Crippen LogP contribution in [0, 0.1) is 17.0 Å². The van der Waals surface area contributed by atoms with Crippen molar-refractivity contribution in [3.05, 3.63) is 28.2 Å². The fraction of sp³-hybridized carbons (Fsp3) is 0.500. The largest absolute Gasteiger partial charge is 0.364 e. The van der Waals surface area contributed by atoms with Crippen LogP contribution in [0.1, 0.15) is 12.1 Å². The zero-order valence-corrected chi connectivity index (χ0v) is 10.8. The van der Waals surface area contributed by atoms with Crippen molar-refractivity contribution in [2.75, 3.05) is 11.9 Å². The molecule has 0 amide bonds. The van der Waals surface area contributed by atoms with Gasteiger partial charge >= 0.3 is 5.69 Å². The Balaban J connectivity index is 1.94. The van der Waals surface area contributed by atoms with Crippen LogP contribution in [0.25, 0.3) is 0 Å². The van der Waals surface area contributed by atoms with Crippen LogP contribution < -0.4 is 5.32 Å². The summed E-state index contributed by atoms with van der Waals surface area (Å²) < 4.78 is 3.20. The number of aryl methyl sites for hydroxylation is 3. The summed E-state index contributed by atoms with van der Waals surface area (Å²) in [5, 5.41) is 25.6. The standard InChI is InChI=1S/C10H15N7O2/c1-8-9(17(18)19)10(15(2)13-8)11-4-3-6-16-7-5-12-14-16/h5,7,11H,3-4,6H2,1-2H3. The molecular formula is C10H15N7O2. The average molecular weight is 265 g/mol. The lowest BCUT2D eigenvalue weighted by molar-refractivity contribution is -0.384. The van der Waals surface area contributed by atoms with Crippen LogP contribution in [0.2, 0.25) is 0 Å². The van der Waals surface area contributed by atoms with Crippen molar-refractivity contribution in [3.8, 4) is 0 Å². The third-order valence-corrected chi connectivity index (χ3v) is 2.70. The van der Waals surface area contributed by atoms with Crippen molar-refractivity contribution in [2.45, 2.75) is 19.9 Å². The van der Waals surface area contributed by atoms with Gasteiger partial charge in [0.05, 0.1) is 11.1 Å². The van der Waals surface area contributed by atoms with Gasteiger partial charge in [-0.05, 0) is 13.3 Å². The van der Waals surface area contributed by atoms with Crippen molar-refractivity contribution in [1.29, 1.82) is 0 Å². The van der Waals surface area contributed by atoms with Crippen LogP contribution in [-0.4, -0.2) is 36.2 Å². The van der Waals surface area contributed by atoms with Gasteiger partial charge in [0, 0.05) is 26.3 Å². The molecule has 0 aromatic carbocycles. The third kappa shape index (κ3) is 2.87. The zero-order chi connectivity index (χ0) is 13.8. The number of aromatic nitrogens is 5. The van der Waals surface area contributed by atoms with E-state index in [4.69, 9.17) is 0 Å². The van der Waals surface area contributed by atoms with Gasteiger partial charge in [-0.3, -0.25) is 14.8 Å². The molecule has 0 unspecified atom stereocenters. The molecule has 2 heterocycles. The highest BCUT2D eigenvalue weighted by Crippen LogP contribution is 2.26. The second-order valence-electron chi connectivity index (χ2n) is 4.11. The number of nitrogens with one attached hydrogen (secondary N) is 1. The van der Waals surface area contributed by atoms with E-state index in [-0.39, 0.29) is 5.69 Å². The molecule has 19 heavy (non-hydrogen) atoms. The Labute approximate surface area is 109 Å². The summed E-state index contributed by atoms with van der Waals surface area (Å²) in [5.41, 5.74) is 0.439. The minimum Gasteiger partial charge on any atom is -0.364 e. The normalized spacial score (nSPS) is 10.6. The lowest BCUT2D eigenvalue weighted by Crippen LogP contribution is -2.10. The number of hydrogen-bond acceptors (Lipinski definition) is 6. The molecule has 2 rings (SSSR count). The molecule has 2 aromatic heterocycles. The summed E-state index contributed by atoms with van der Waals surface area (Å²) in [6.07, 6.45) is 4.17. The fourth-order valence-electron chi connectivity index (χ4n) is 1.86. The topological polar surface area (TPSA) is 104 Å². The molecule has 0 radical (unpaired) electrons. The second-order valence-corrected chi connectivity index (χ2v) is 4.11. The van der Waals surface area contributed by atoms with E-state index in [1.165, 1.54) is 4.68 Å². The monoisotopic (exact) mass is 265 g/mol. The highest BCUT2D eigenvalue weighted by atomic mass is 16.6. The van der Waals surface area contributed by atoms with Gasteiger partial charge in [-0.15, -0.1) is 5.10 Å². The van der Waals surface area contributed by atoms with E-state index in [1.54, 1.807) is 31.0 Å². The summed E-state index contributed by atoms with van der Waals surface area (Å²) in [6.45, 7) is 2.93. The predicted molar refractivity (Wildman–Crippen MR) is 67.7 cm³/mol. The molecular weight excluding hydrogens is 250 g/mol. The first-order valence-electron chi connectivity index (χ1n) is 5.85. The average Bonchev–Trinajstić information content (AvgIpc) is 2.93. The molecule has 0 atom stereocenters. The smallest absolute Gasteiger partial charge is 0.333 e. The van der Waals surface area contributed by atoms with Gasteiger partial charge in [0.25, 0.3) is 0 Å². The molecule has 102 valence electrons. The minimum absolute atomic E-state index is 0.0308. The molecule has 2 aromatic rings. The molecule has 0 saturated heterocycles. The number of nitrogens with zero attached hydrogens (tertiary/aromatic N) is 6. The predicted octanol–water partition coefficient (Wildman–Crippen LogP) is 0.730. The summed E-state index contributed by atoms with van der Waals surface area (Å²) in [5.74, 6) is 0.432. The number of hydrogen-bond donors (Lipinski definition) is 1. The molecule has 0 fully saturated rings. The van der Waals surface area contributed by atoms with Gasteiger partial charge < -0.3 is 5.32 Å². The van der Waals surface area contributed by atoms with E-state index < -0.39 is 4.92 Å². The maximum absolute atomic E-state index is 11.0. The molecule has 1 N–H and O–H groups in total. The van der Waals surface area contributed by atoms with Crippen LogP contribution >= 0.6 is 0 Å². The Kier molecular flexibility index (Phi) is 3.74. The fourth-order valence-corrected chi connectivity index (χ4v) is 1.86. The molecule has 9 heteroatoms. The quantitative estimate of drug-likeness (QED) is 0.469. The summed E-state index contributed by atoms with van der Waals surface area (Å²) in [4.78, 5) is 10.6. The third-order valence-electron chi connectivity index (χ3n) is 2.70. The Bertz CT molecular complexity index is 561. The van der Waals surface area contributed by atoms with Crippen LogP contribution in [0.5, 0.6) is 0 Å². The van der Waals surface area contributed by atoms with Crippen molar-refractivity contribution in [1.82, 2.24) is 24.8 Å². The van der Waals surface area contributed by atoms with Crippen LogP contribution in [0.15, 0.2) is 12.4 Å². The molecule has 0 saturated carbocycles. The van der Waals surface area contributed by atoms with Crippen molar-refractivity contribution >= 4 is 11.5 Å². The molecule has 9 nitrogen and oxygen atoms in total. The molecule has 0 bridgehead atoms. The maximum atomic E-state index is 11.0. The highest BCUT2D eigenvalue weighted by molar-refractivity contribution is 5.59. The molecule has 0 aliphatic rings. The summed E-state index contributed by atoms with van der Waals surface area (Å²) >= 11 is 0. The van der Waals surface area contributed by atoms with Gasteiger partial charge in [0.15, 0.2) is 0 Å². The van der Waals surface area contributed by atoms with Crippen LogP contribution in [0.3, 0.4) is 0 Å². The summed E-state index contributed by atoms with van der Waals surface area (Å²) in [6, 6.07) is 0. The van der Waals surface area contributed by atoms with Crippen LogP contribution in [-0.2, 0) is 13.6 Å². The van der Waals surface area contributed by atoms with Gasteiger partial charge in [-0.2, -0.15) is 5.10 Å². The van der Waals surface area contributed by atoms with Gasteiger partial charge in [-0.25, -0.2) is 4.68 Å². The lowest BCUT2D eigenvalue weighted by Gasteiger charge is -2.05. The van der Waals surface area contributed by atoms with E-state index in [9.17, 15) is 10.1 Å². The van der Waals surface area contributed by atoms with Gasteiger partial charge in [-0.1, -0.05) is 5.21 Å². The second kappa shape index (κ2) is 5.46. The lowest BCUT2D eigenvalue weighted by atomic mass is 10.3. The Morgan fingerprint density at radius 2 is 2.32 bits per heavy atom. The first kappa shape index (κ1) is 13.0. The van der Waals surface area contributed by atoms with Crippen molar-refractivity contribution < 1.29 is 4.92 Å². The molecule has 0 spiro atoms. The van der Waals surface area contributed by atoms with Gasteiger partial charge in [0.1, 0.15) is 5.69 Å². The molecule has 0 aliphatic heterocycles. The van der Waals surface area contributed by atoms with Crippen LogP contribution in [0.4, 0.5) is 11.5 Å². The zero-order valence-electron chi connectivity index (χ0n) is 10.8. The number of anilines is 1.